The van der Waals surface area contributed by atoms with E-state index in [1.54, 1.807) is 7.11 Å². The third-order valence-corrected chi connectivity index (χ3v) is 5.72. The maximum atomic E-state index is 6.07. The van der Waals surface area contributed by atoms with Gasteiger partial charge >= 0.3 is 0 Å². The lowest BCUT2D eigenvalue weighted by Crippen LogP contribution is -2.46. The summed E-state index contributed by atoms with van der Waals surface area (Å²) in [5, 5.41) is 5.39. The van der Waals surface area contributed by atoms with Gasteiger partial charge in [-0.3, -0.25) is 9.88 Å². The van der Waals surface area contributed by atoms with Gasteiger partial charge in [0.05, 0.1) is 12.6 Å². The topological polar surface area (TPSA) is 40.6 Å². The zero-order valence-electron chi connectivity index (χ0n) is 16.8. The lowest BCUT2D eigenvalue weighted by atomic mass is 10.2. The van der Waals surface area contributed by atoms with Crippen molar-refractivity contribution in [3.63, 3.8) is 0 Å². The van der Waals surface area contributed by atoms with Crippen LogP contribution in [0.5, 0.6) is 5.75 Å². The van der Waals surface area contributed by atoms with Crippen LogP contribution in [0, 0.1) is 0 Å². The standard InChI is InChI=1S/C23H27ClN4O/c1-29-20-6-4-19(5-7-20)28-15-13-27(14-16-28)12-2-10-25-22-9-11-26-23-17-18(24)3-8-21(22)23/h3-9,11,17H,2,10,12-16H2,1H3,(H,25,26). The monoisotopic (exact) mass is 410 g/mol. The number of piperazine rings is 1. The van der Waals surface area contributed by atoms with Gasteiger partial charge in [-0.25, -0.2) is 0 Å². The van der Waals surface area contributed by atoms with Gasteiger partial charge in [-0.05, 0) is 61.5 Å². The summed E-state index contributed by atoms with van der Waals surface area (Å²) in [5.41, 5.74) is 3.32. The van der Waals surface area contributed by atoms with Crippen LogP contribution in [0.2, 0.25) is 5.02 Å². The fourth-order valence-corrected chi connectivity index (χ4v) is 3.99. The number of halogens is 1. The summed E-state index contributed by atoms with van der Waals surface area (Å²) < 4.78 is 5.25. The Morgan fingerprint density at radius 2 is 1.83 bits per heavy atom. The second-order valence-electron chi connectivity index (χ2n) is 7.33. The number of methoxy groups -OCH3 is 1. The summed E-state index contributed by atoms with van der Waals surface area (Å²) in [6.45, 7) is 6.38. The van der Waals surface area contributed by atoms with E-state index in [9.17, 15) is 0 Å². The van der Waals surface area contributed by atoms with Gasteiger partial charge in [0, 0.05) is 60.7 Å². The molecule has 1 aliphatic rings. The average molecular weight is 411 g/mol. The average Bonchev–Trinajstić information content (AvgIpc) is 2.77. The third-order valence-electron chi connectivity index (χ3n) is 5.48. The Kier molecular flexibility index (Phi) is 6.37. The number of nitrogens with zero attached hydrogens (tertiary/aromatic N) is 3. The van der Waals surface area contributed by atoms with Gasteiger partial charge in [-0.2, -0.15) is 0 Å². The Balaban J connectivity index is 1.22. The summed E-state index contributed by atoms with van der Waals surface area (Å²) in [4.78, 5) is 9.40. The van der Waals surface area contributed by atoms with Crippen molar-refractivity contribution in [3.8, 4) is 5.75 Å². The number of anilines is 2. The molecule has 2 heterocycles. The van der Waals surface area contributed by atoms with Crippen molar-refractivity contribution in [2.45, 2.75) is 6.42 Å². The molecule has 29 heavy (non-hydrogen) atoms. The minimum atomic E-state index is 0.718. The molecular formula is C23H27ClN4O. The Labute approximate surface area is 177 Å². The van der Waals surface area contributed by atoms with Gasteiger partial charge in [0.1, 0.15) is 5.75 Å². The Hall–Kier alpha value is -2.50. The van der Waals surface area contributed by atoms with Crippen molar-refractivity contribution in [2.24, 2.45) is 0 Å². The number of hydrogen-bond acceptors (Lipinski definition) is 5. The highest BCUT2D eigenvalue weighted by Crippen LogP contribution is 2.24. The number of nitrogens with one attached hydrogen (secondary N) is 1. The molecule has 0 saturated carbocycles. The smallest absolute Gasteiger partial charge is 0.119 e. The molecule has 0 bridgehead atoms. The van der Waals surface area contributed by atoms with Crippen LogP contribution >= 0.6 is 11.6 Å². The van der Waals surface area contributed by atoms with Gasteiger partial charge in [-0.1, -0.05) is 11.6 Å². The summed E-state index contributed by atoms with van der Waals surface area (Å²) in [6.07, 6.45) is 2.94. The van der Waals surface area contributed by atoms with E-state index in [0.717, 1.165) is 73.1 Å². The van der Waals surface area contributed by atoms with E-state index in [1.165, 1.54) is 5.69 Å². The molecule has 1 fully saturated rings. The predicted octanol–water partition coefficient (Wildman–Crippen LogP) is 4.52. The van der Waals surface area contributed by atoms with Crippen molar-refractivity contribution in [3.05, 3.63) is 59.8 Å². The third kappa shape index (κ3) is 4.92. The number of fused-ring (bicyclic) bond motifs is 1. The largest absolute Gasteiger partial charge is 0.497 e. The number of ether oxygens (including phenoxy) is 1. The summed E-state index contributed by atoms with van der Waals surface area (Å²) in [6, 6.07) is 16.2. The second-order valence-corrected chi connectivity index (χ2v) is 7.76. The first-order valence-electron chi connectivity index (χ1n) is 10.1. The molecule has 1 aromatic heterocycles. The van der Waals surface area contributed by atoms with Crippen molar-refractivity contribution in [1.29, 1.82) is 0 Å². The first kappa shape index (κ1) is 19.8. The molecule has 5 nitrogen and oxygen atoms in total. The minimum absolute atomic E-state index is 0.718. The van der Waals surface area contributed by atoms with Crippen molar-refractivity contribution in [2.75, 3.05) is 56.6 Å². The maximum absolute atomic E-state index is 6.07. The van der Waals surface area contributed by atoms with E-state index in [2.05, 4.69) is 32.2 Å². The predicted molar refractivity (Wildman–Crippen MR) is 122 cm³/mol. The highest BCUT2D eigenvalue weighted by Gasteiger charge is 2.16. The summed E-state index contributed by atoms with van der Waals surface area (Å²) in [7, 11) is 1.70. The molecule has 0 spiro atoms. The Morgan fingerprint density at radius 3 is 2.59 bits per heavy atom. The normalized spacial score (nSPS) is 14.9. The highest BCUT2D eigenvalue weighted by atomic mass is 35.5. The fourth-order valence-electron chi connectivity index (χ4n) is 3.82. The molecule has 1 aliphatic heterocycles. The molecule has 4 rings (SSSR count). The molecule has 0 unspecified atom stereocenters. The van der Waals surface area contributed by atoms with E-state index in [-0.39, 0.29) is 0 Å². The van der Waals surface area contributed by atoms with Gasteiger partial charge in [-0.15, -0.1) is 0 Å². The van der Waals surface area contributed by atoms with Crippen LogP contribution in [0.3, 0.4) is 0 Å². The van der Waals surface area contributed by atoms with E-state index in [0.29, 0.717) is 0 Å². The summed E-state index contributed by atoms with van der Waals surface area (Å²) >= 11 is 6.07. The number of pyridine rings is 1. The van der Waals surface area contributed by atoms with Gasteiger partial charge in [0.15, 0.2) is 0 Å². The molecule has 6 heteroatoms. The molecule has 0 atom stereocenters. The van der Waals surface area contributed by atoms with Crippen LogP contribution in [0.1, 0.15) is 6.42 Å². The molecular weight excluding hydrogens is 384 g/mol. The first-order chi connectivity index (χ1) is 14.2. The molecule has 152 valence electrons. The Bertz CT molecular complexity index is 939. The van der Waals surface area contributed by atoms with E-state index < -0.39 is 0 Å². The summed E-state index contributed by atoms with van der Waals surface area (Å²) in [5.74, 6) is 0.907. The number of aromatic nitrogens is 1. The molecule has 2 aromatic carbocycles. The van der Waals surface area contributed by atoms with Crippen LogP contribution in [0.4, 0.5) is 11.4 Å². The van der Waals surface area contributed by atoms with E-state index >= 15 is 0 Å². The second kappa shape index (κ2) is 9.33. The molecule has 1 saturated heterocycles. The SMILES string of the molecule is COc1ccc(N2CCN(CCCNc3ccnc4cc(Cl)ccc34)CC2)cc1. The van der Waals surface area contributed by atoms with E-state index in [1.807, 2.05) is 42.6 Å². The van der Waals surface area contributed by atoms with Crippen LogP contribution in [-0.2, 0) is 0 Å². The number of benzene rings is 2. The van der Waals surface area contributed by atoms with Crippen molar-refractivity contribution in [1.82, 2.24) is 9.88 Å². The van der Waals surface area contributed by atoms with Crippen LogP contribution in [0.15, 0.2) is 54.7 Å². The molecule has 0 amide bonds. The number of hydrogen-bond donors (Lipinski definition) is 1. The zero-order valence-corrected chi connectivity index (χ0v) is 17.5. The lowest BCUT2D eigenvalue weighted by Gasteiger charge is -2.36. The molecule has 3 aromatic rings. The fraction of sp³-hybridized carbons (Fsp3) is 0.348. The van der Waals surface area contributed by atoms with Gasteiger partial charge in [0.25, 0.3) is 0 Å². The molecule has 1 N–H and O–H groups in total. The highest BCUT2D eigenvalue weighted by molar-refractivity contribution is 6.31. The van der Waals surface area contributed by atoms with Crippen LogP contribution in [0.25, 0.3) is 10.9 Å². The van der Waals surface area contributed by atoms with E-state index in [4.69, 9.17) is 16.3 Å². The Morgan fingerprint density at radius 1 is 1.03 bits per heavy atom. The molecule has 0 aliphatic carbocycles. The first-order valence-corrected chi connectivity index (χ1v) is 10.5. The van der Waals surface area contributed by atoms with Gasteiger partial charge in [0.2, 0.25) is 0 Å². The quantitative estimate of drug-likeness (QED) is 0.580. The van der Waals surface area contributed by atoms with Crippen molar-refractivity contribution < 1.29 is 4.74 Å². The zero-order chi connectivity index (χ0) is 20.1. The van der Waals surface area contributed by atoms with Crippen LogP contribution in [-0.4, -0.2) is 56.3 Å². The van der Waals surface area contributed by atoms with Gasteiger partial charge < -0.3 is 15.0 Å². The van der Waals surface area contributed by atoms with Crippen LogP contribution < -0.4 is 15.0 Å². The minimum Gasteiger partial charge on any atom is -0.497 e. The lowest BCUT2D eigenvalue weighted by molar-refractivity contribution is 0.257. The molecule has 0 radical (unpaired) electrons. The van der Waals surface area contributed by atoms with Crippen molar-refractivity contribution >= 4 is 33.9 Å². The maximum Gasteiger partial charge on any atom is 0.119 e. The number of rotatable bonds is 7.